The van der Waals surface area contributed by atoms with Gasteiger partial charge in [-0.05, 0) is 30.2 Å². The minimum atomic E-state index is -5.84. The number of hydrogen-bond acceptors (Lipinski definition) is 1. The first-order valence-corrected chi connectivity index (χ1v) is 5.72. The Morgan fingerprint density at radius 3 is 1.95 bits per heavy atom. The van der Waals surface area contributed by atoms with Crippen molar-refractivity contribution in [3.63, 3.8) is 0 Å². The molecule has 1 rings (SSSR count). The third kappa shape index (κ3) is 2.52. The summed E-state index contributed by atoms with van der Waals surface area (Å²) in [4.78, 5) is 0. The van der Waals surface area contributed by atoms with E-state index in [4.69, 9.17) is 5.73 Å². The highest BCUT2D eigenvalue weighted by Crippen LogP contribution is 2.53. The molecule has 0 aromatic heterocycles. The van der Waals surface area contributed by atoms with Crippen LogP contribution >= 0.6 is 0 Å². The molecule has 0 radical (unpaired) electrons. The van der Waals surface area contributed by atoms with Crippen LogP contribution in [0.2, 0.25) is 0 Å². The SMILES string of the molecule is C=Cc1cc(C(F)(C(F)(F)F)C(F)(F)C=C)cc(C)c1N. The summed E-state index contributed by atoms with van der Waals surface area (Å²) in [5.74, 6) is -4.84. The molecule has 0 aliphatic carbocycles. The van der Waals surface area contributed by atoms with Gasteiger partial charge in [0.2, 0.25) is 0 Å². The van der Waals surface area contributed by atoms with E-state index < -0.39 is 23.3 Å². The zero-order valence-electron chi connectivity index (χ0n) is 11.1. The standard InChI is InChI=1S/C14H13F6N/c1-4-9-7-10(6-8(3)11(9)21)13(17,14(18,19)20)12(15,16)5-2/h4-7H,1-2,21H2,3H3. The minimum Gasteiger partial charge on any atom is -0.398 e. The summed E-state index contributed by atoms with van der Waals surface area (Å²) in [6.07, 6.45) is -5.14. The summed E-state index contributed by atoms with van der Waals surface area (Å²) in [5, 5.41) is 0. The van der Waals surface area contributed by atoms with Gasteiger partial charge in [0.25, 0.3) is 5.67 Å². The minimum absolute atomic E-state index is 0.0357. The fraction of sp³-hybridized carbons (Fsp3) is 0.286. The van der Waals surface area contributed by atoms with Gasteiger partial charge in [0, 0.05) is 11.3 Å². The van der Waals surface area contributed by atoms with E-state index in [9.17, 15) is 26.3 Å². The first-order valence-electron chi connectivity index (χ1n) is 5.72. The number of nitrogen functional groups attached to an aromatic ring is 1. The van der Waals surface area contributed by atoms with Gasteiger partial charge < -0.3 is 5.73 Å². The predicted octanol–water partition coefficient (Wildman–Crippen LogP) is 4.77. The number of anilines is 1. The fourth-order valence-electron chi connectivity index (χ4n) is 1.88. The molecule has 0 saturated heterocycles. The third-order valence-electron chi connectivity index (χ3n) is 3.14. The largest absolute Gasteiger partial charge is 0.433 e. The highest BCUT2D eigenvalue weighted by Gasteiger charge is 2.71. The van der Waals surface area contributed by atoms with Crippen molar-refractivity contribution in [1.29, 1.82) is 0 Å². The maximum Gasteiger partial charge on any atom is 0.433 e. The monoisotopic (exact) mass is 309 g/mol. The van der Waals surface area contributed by atoms with Crippen LogP contribution in [0.3, 0.4) is 0 Å². The van der Waals surface area contributed by atoms with Crippen molar-refractivity contribution in [2.24, 2.45) is 0 Å². The molecule has 0 aliphatic rings. The molecule has 1 nitrogen and oxygen atoms in total. The Balaban J connectivity index is 3.75. The molecule has 0 bridgehead atoms. The van der Waals surface area contributed by atoms with E-state index in [0.29, 0.717) is 12.1 Å². The van der Waals surface area contributed by atoms with Crippen molar-refractivity contribution in [2.45, 2.75) is 24.7 Å². The van der Waals surface area contributed by atoms with Gasteiger partial charge in [-0.3, -0.25) is 0 Å². The molecule has 0 fully saturated rings. The molecule has 1 aromatic carbocycles. The zero-order valence-corrected chi connectivity index (χ0v) is 11.1. The maximum atomic E-state index is 14.4. The first-order chi connectivity index (χ1) is 9.42. The topological polar surface area (TPSA) is 26.0 Å². The third-order valence-corrected chi connectivity index (χ3v) is 3.14. The van der Waals surface area contributed by atoms with E-state index in [1.165, 1.54) is 6.92 Å². The summed E-state index contributed by atoms with van der Waals surface area (Å²) in [7, 11) is 0. The van der Waals surface area contributed by atoms with Crippen LogP contribution in [0.1, 0.15) is 16.7 Å². The van der Waals surface area contributed by atoms with Crippen LogP contribution < -0.4 is 5.73 Å². The van der Waals surface area contributed by atoms with Gasteiger partial charge >= 0.3 is 12.1 Å². The summed E-state index contributed by atoms with van der Waals surface area (Å²) >= 11 is 0. The van der Waals surface area contributed by atoms with Crippen LogP contribution in [0.25, 0.3) is 6.08 Å². The lowest BCUT2D eigenvalue weighted by Crippen LogP contribution is -2.51. The van der Waals surface area contributed by atoms with E-state index in [2.05, 4.69) is 13.2 Å². The van der Waals surface area contributed by atoms with Crippen molar-refractivity contribution in [2.75, 3.05) is 5.73 Å². The average molecular weight is 309 g/mol. The molecule has 116 valence electrons. The van der Waals surface area contributed by atoms with Crippen LogP contribution in [-0.2, 0) is 5.67 Å². The van der Waals surface area contributed by atoms with Crippen LogP contribution in [0, 0.1) is 6.92 Å². The smallest absolute Gasteiger partial charge is 0.398 e. The molecular formula is C14H13F6N. The van der Waals surface area contributed by atoms with E-state index in [-0.39, 0.29) is 22.9 Å². The Kier molecular flexibility index (Phi) is 4.18. The van der Waals surface area contributed by atoms with Crippen molar-refractivity contribution >= 4 is 11.8 Å². The second-order valence-corrected chi connectivity index (χ2v) is 4.48. The van der Waals surface area contributed by atoms with Crippen molar-refractivity contribution in [3.05, 3.63) is 48.1 Å². The van der Waals surface area contributed by atoms with Crippen molar-refractivity contribution < 1.29 is 26.3 Å². The second-order valence-electron chi connectivity index (χ2n) is 4.48. The van der Waals surface area contributed by atoms with Gasteiger partial charge in [0.15, 0.2) is 0 Å². The Morgan fingerprint density at radius 1 is 1.05 bits per heavy atom. The lowest BCUT2D eigenvalue weighted by molar-refractivity contribution is -0.296. The van der Waals surface area contributed by atoms with Crippen molar-refractivity contribution in [1.82, 2.24) is 0 Å². The number of allylic oxidation sites excluding steroid dienone is 1. The van der Waals surface area contributed by atoms with Gasteiger partial charge in [-0.2, -0.15) is 22.0 Å². The number of nitrogens with two attached hydrogens (primary N) is 1. The molecule has 0 heterocycles. The second kappa shape index (κ2) is 5.13. The molecule has 1 atom stereocenters. The fourth-order valence-corrected chi connectivity index (χ4v) is 1.88. The summed E-state index contributed by atoms with van der Waals surface area (Å²) < 4.78 is 80.5. The number of alkyl halides is 6. The van der Waals surface area contributed by atoms with E-state index in [1.807, 2.05) is 0 Å². The molecule has 0 spiro atoms. The molecule has 21 heavy (non-hydrogen) atoms. The molecule has 0 saturated carbocycles. The Morgan fingerprint density at radius 2 is 1.57 bits per heavy atom. The zero-order chi connectivity index (χ0) is 16.6. The summed E-state index contributed by atoms with van der Waals surface area (Å²) in [6.45, 7) is 7.18. The van der Waals surface area contributed by atoms with E-state index >= 15 is 0 Å². The molecule has 2 N–H and O–H groups in total. The van der Waals surface area contributed by atoms with Gasteiger partial charge in [-0.15, -0.1) is 0 Å². The summed E-state index contributed by atoms with van der Waals surface area (Å²) in [6, 6.07) is 1.26. The quantitative estimate of drug-likeness (QED) is 0.484. The van der Waals surface area contributed by atoms with Gasteiger partial charge in [-0.25, -0.2) is 4.39 Å². The average Bonchev–Trinajstić information content (AvgIpc) is 2.39. The van der Waals surface area contributed by atoms with Crippen LogP contribution in [-0.4, -0.2) is 12.1 Å². The number of aryl methyl sites for hydroxylation is 1. The van der Waals surface area contributed by atoms with Gasteiger partial charge in [0.05, 0.1) is 0 Å². The van der Waals surface area contributed by atoms with E-state index in [1.54, 1.807) is 0 Å². The Bertz CT molecular complexity index is 576. The number of benzene rings is 1. The predicted molar refractivity (Wildman–Crippen MR) is 69.7 cm³/mol. The normalized spacial score (nSPS) is 15.4. The molecule has 1 aromatic rings. The highest BCUT2D eigenvalue weighted by molar-refractivity contribution is 5.68. The number of halogens is 6. The van der Waals surface area contributed by atoms with Crippen LogP contribution in [0.5, 0.6) is 0 Å². The Hall–Kier alpha value is -1.92. The number of hydrogen-bond donors (Lipinski definition) is 1. The number of rotatable bonds is 4. The maximum absolute atomic E-state index is 14.4. The van der Waals surface area contributed by atoms with Gasteiger partial charge in [-0.1, -0.05) is 25.3 Å². The molecular weight excluding hydrogens is 296 g/mol. The van der Waals surface area contributed by atoms with Crippen LogP contribution in [0.4, 0.5) is 32.0 Å². The lowest BCUT2D eigenvalue weighted by Gasteiger charge is -2.34. The van der Waals surface area contributed by atoms with E-state index in [0.717, 1.165) is 6.08 Å². The first kappa shape index (κ1) is 17.1. The molecule has 0 aliphatic heterocycles. The van der Waals surface area contributed by atoms with Crippen molar-refractivity contribution in [3.8, 4) is 0 Å². The van der Waals surface area contributed by atoms with Gasteiger partial charge in [0.1, 0.15) is 0 Å². The summed E-state index contributed by atoms with van der Waals surface area (Å²) in [5.41, 5.74) is -0.562. The molecule has 7 heteroatoms. The van der Waals surface area contributed by atoms with Crippen LogP contribution in [0.15, 0.2) is 31.4 Å². The lowest BCUT2D eigenvalue weighted by atomic mass is 9.85. The highest BCUT2D eigenvalue weighted by atomic mass is 19.4. The molecule has 0 amide bonds. The molecule has 1 unspecified atom stereocenters. The Labute approximate surface area is 117 Å².